The zero-order valence-electron chi connectivity index (χ0n) is 13.6. The van der Waals surface area contributed by atoms with Gasteiger partial charge < -0.3 is 25.5 Å². The summed E-state index contributed by atoms with van der Waals surface area (Å²) in [6.07, 6.45) is 3.29. The van der Waals surface area contributed by atoms with Gasteiger partial charge in [0.15, 0.2) is 0 Å². The van der Waals surface area contributed by atoms with E-state index in [0.29, 0.717) is 6.54 Å². The van der Waals surface area contributed by atoms with Crippen LogP contribution in [-0.2, 0) is 11.2 Å². The second kappa shape index (κ2) is 6.12. The summed E-state index contributed by atoms with van der Waals surface area (Å²) in [7, 11) is 3.29. The number of carbonyl (C=O) groups excluding carboxylic acids is 1. The fraction of sp³-hybridized carbons (Fsp3) is 0.471. The van der Waals surface area contributed by atoms with Crippen LogP contribution >= 0.6 is 0 Å². The zero-order valence-corrected chi connectivity index (χ0v) is 13.6. The molecule has 4 N–H and O–H groups in total. The number of nitrogens with one attached hydrogen (secondary N) is 2. The molecule has 6 heteroatoms. The highest BCUT2D eigenvalue weighted by Gasteiger charge is 2.45. The number of benzene rings is 1. The quantitative estimate of drug-likeness (QED) is 0.678. The van der Waals surface area contributed by atoms with E-state index in [1.54, 1.807) is 14.2 Å². The Kier molecular flexibility index (Phi) is 4.17. The van der Waals surface area contributed by atoms with E-state index in [2.05, 4.69) is 16.4 Å². The lowest BCUT2D eigenvalue weighted by molar-refractivity contribution is -0.123. The standard InChI is InChI=1S/C17H23N3O3/c1-22-12-9-14-13(15(10-12)23-2)8-11(20-14)4-3-7-19-16(21)17(18)5-6-17/h8-10,20H,3-7,18H2,1-2H3,(H,19,21). The van der Waals surface area contributed by atoms with Crippen LogP contribution in [0.1, 0.15) is 25.0 Å². The maximum absolute atomic E-state index is 11.8. The molecule has 6 nitrogen and oxygen atoms in total. The molecule has 124 valence electrons. The highest BCUT2D eigenvalue weighted by Crippen LogP contribution is 2.32. The number of ether oxygens (including phenoxy) is 2. The van der Waals surface area contributed by atoms with Crippen molar-refractivity contribution in [2.75, 3.05) is 20.8 Å². The van der Waals surface area contributed by atoms with E-state index >= 15 is 0 Å². The van der Waals surface area contributed by atoms with Gasteiger partial charge in [0.25, 0.3) is 0 Å². The minimum Gasteiger partial charge on any atom is -0.497 e. The van der Waals surface area contributed by atoms with Crippen molar-refractivity contribution in [3.05, 3.63) is 23.9 Å². The van der Waals surface area contributed by atoms with Gasteiger partial charge >= 0.3 is 0 Å². The molecule has 0 atom stereocenters. The number of methoxy groups -OCH3 is 2. The van der Waals surface area contributed by atoms with Gasteiger partial charge in [0, 0.05) is 29.8 Å². The first-order valence-corrected chi connectivity index (χ1v) is 7.86. The molecule has 0 aliphatic heterocycles. The van der Waals surface area contributed by atoms with Crippen molar-refractivity contribution in [3.63, 3.8) is 0 Å². The Balaban J connectivity index is 1.61. The van der Waals surface area contributed by atoms with E-state index < -0.39 is 5.54 Å². The molecule has 0 bridgehead atoms. The van der Waals surface area contributed by atoms with E-state index in [-0.39, 0.29) is 5.91 Å². The summed E-state index contributed by atoms with van der Waals surface area (Å²) < 4.78 is 10.7. The molecular weight excluding hydrogens is 294 g/mol. The maximum Gasteiger partial charge on any atom is 0.240 e. The van der Waals surface area contributed by atoms with Crippen LogP contribution in [0.4, 0.5) is 0 Å². The SMILES string of the molecule is COc1cc(OC)c2cc(CCCNC(=O)C3(N)CC3)[nH]c2c1. The first kappa shape index (κ1) is 15.7. The van der Waals surface area contributed by atoms with Gasteiger partial charge in [-0.05, 0) is 31.7 Å². The summed E-state index contributed by atoms with van der Waals surface area (Å²) in [5.74, 6) is 1.52. The fourth-order valence-corrected chi connectivity index (χ4v) is 2.68. The van der Waals surface area contributed by atoms with Crippen LogP contribution in [0.3, 0.4) is 0 Å². The Hall–Kier alpha value is -2.21. The van der Waals surface area contributed by atoms with Gasteiger partial charge in [-0.25, -0.2) is 0 Å². The largest absolute Gasteiger partial charge is 0.497 e. The van der Waals surface area contributed by atoms with Crippen molar-refractivity contribution in [2.24, 2.45) is 5.73 Å². The summed E-state index contributed by atoms with van der Waals surface area (Å²) in [6.45, 7) is 0.633. The molecule has 1 fully saturated rings. The highest BCUT2D eigenvalue weighted by atomic mass is 16.5. The molecule has 1 aromatic heterocycles. The normalized spacial score (nSPS) is 15.4. The molecule has 1 aliphatic rings. The fourth-order valence-electron chi connectivity index (χ4n) is 2.68. The van der Waals surface area contributed by atoms with Crippen LogP contribution in [0.2, 0.25) is 0 Å². The van der Waals surface area contributed by atoms with Crippen LogP contribution in [0.15, 0.2) is 18.2 Å². The molecule has 1 saturated carbocycles. The molecule has 0 saturated heterocycles. The Labute approximate surface area is 135 Å². The maximum atomic E-state index is 11.8. The van der Waals surface area contributed by atoms with Gasteiger partial charge in [0.2, 0.25) is 5.91 Å². The number of H-pyrrole nitrogens is 1. The van der Waals surface area contributed by atoms with E-state index in [4.69, 9.17) is 15.2 Å². The third-order valence-electron chi connectivity index (χ3n) is 4.33. The van der Waals surface area contributed by atoms with Gasteiger partial charge in [-0.1, -0.05) is 0 Å². The van der Waals surface area contributed by atoms with E-state index in [9.17, 15) is 4.79 Å². The molecule has 1 heterocycles. The average molecular weight is 317 g/mol. The smallest absolute Gasteiger partial charge is 0.240 e. The van der Waals surface area contributed by atoms with Crippen molar-refractivity contribution in [3.8, 4) is 11.5 Å². The topological polar surface area (TPSA) is 89.4 Å². The highest BCUT2D eigenvalue weighted by molar-refractivity contribution is 5.89. The van der Waals surface area contributed by atoms with Crippen LogP contribution in [-0.4, -0.2) is 37.2 Å². The lowest BCUT2D eigenvalue weighted by atomic mass is 10.2. The Morgan fingerprint density at radius 1 is 1.30 bits per heavy atom. The molecule has 0 radical (unpaired) electrons. The van der Waals surface area contributed by atoms with Gasteiger partial charge in [0.05, 0.1) is 25.3 Å². The molecule has 0 unspecified atom stereocenters. The van der Waals surface area contributed by atoms with Gasteiger partial charge in [-0.3, -0.25) is 4.79 Å². The summed E-state index contributed by atoms with van der Waals surface area (Å²) in [5.41, 5.74) is 7.35. The molecule has 1 aliphatic carbocycles. The van der Waals surface area contributed by atoms with Crippen LogP contribution in [0, 0.1) is 0 Å². The average Bonchev–Trinajstić information content (AvgIpc) is 3.18. The van der Waals surface area contributed by atoms with Gasteiger partial charge in [-0.2, -0.15) is 0 Å². The number of amides is 1. The predicted octanol–water partition coefficient (Wildman–Crippen LogP) is 1.73. The van der Waals surface area contributed by atoms with Crippen LogP contribution < -0.4 is 20.5 Å². The number of aromatic amines is 1. The molecule has 1 amide bonds. The number of rotatable bonds is 7. The summed E-state index contributed by atoms with van der Waals surface area (Å²) >= 11 is 0. The first-order chi connectivity index (χ1) is 11.1. The van der Waals surface area contributed by atoms with Crippen molar-refractivity contribution in [1.82, 2.24) is 10.3 Å². The Morgan fingerprint density at radius 2 is 2.09 bits per heavy atom. The molecule has 2 aromatic rings. The Morgan fingerprint density at radius 3 is 2.74 bits per heavy atom. The zero-order chi connectivity index (χ0) is 16.4. The van der Waals surface area contributed by atoms with Gasteiger partial charge in [-0.15, -0.1) is 0 Å². The summed E-state index contributed by atoms with van der Waals surface area (Å²) in [6, 6.07) is 5.91. The van der Waals surface area contributed by atoms with Crippen molar-refractivity contribution in [1.29, 1.82) is 0 Å². The Bertz CT molecular complexity index is 719. The van der Waals surface area contributed by atoms with Gasteiger partial charge in [0.1, 0.15) is 11.5 Å². The molecule has 1 aromatic carbocycles. The number of fused-ring (bicyclic) bond motifs is 1. The van der Waals surface area contributed by atoms with Crippen LogP contribution in [0.5, 0.6) is 11.5 Å². The van der Waals surface area contributed by atoms with E-state index in [0.717, 1.165) is 53.8 Å². The van der Waals surface area contributed by atoms with Crippen molar-refractivity contribution in [2.45, 2.75) is 31.2 Å². The monoisotopic (exact) mass is 317 g/mol. The lowest BCUT2D eigenvalue weighted by Crippen LogP contribution is -2.43. The number of carbonyl (C=O) groups is 1. The minimum absolute atomic E-state index is 0.0273. The third kappa shape index (κ3) is 3.27. The number of aryl methyl sites for hydroxylation is 1. The predicted molar refractivity (Wildman–Crippen MR) is 88.9 cm³/mol. The molecule has 0 spiro atoms. The number of aromatic nitrogens is 1. The molecule has 3 rings (SSSR count). The summed E-state index contributed by atoms with van der Waals surface area (Å²) in [4.78, 5) is 15.1. The minimum atomic E-state index is -0.592. The van der Waals surface area contributed by atoms with E-state index in [1.165, 1.54) is 0 Å². The number of nitrogens with two attached hydrogens (primary N) is 1. The number of hydrogen-bond donors (Lipinski definition) is 3. The summed E-state index contributed by atoms with van der Waals surface area (Å²) in [5, 5.41) is 3.94. The van der Waals surface area contributed by atoms with E-state index in [1.807, 2.05) is 12.1 Å². The van der Waals surface area contributed by atoms with Crippen LogP contribution in [0.25, 0.3) is 10.9 Å². The molecular formula is C17H23N3O3. The lowest BCUT2D eigenvalue weighted by Gasteiger charge is -2.09. The first-order valence-electron chi connectivity index (χ1n) is 7.86. The second-order valence-electron chi connectivity index (χ2n) is 6.10. The second-order valence-corrected chi connectivity index (χ2v) is 6.10. The van der Waals surface area contributed by atoms with Crippen molar-refractivity contribution < 1.29 is 14.3 Å². The number of hydrogen-bond acceptors (Lipinski definition) is 4. The molecule has 23 heavy (non-hydrogen) atoms. The van der Waals surface area contributed by atoms with Crippen molar-refractivity contribution >= 4 is 16.8 Å². The third-order valence-corrected chi connectivity index (χ3v) is 4.33.